The Hall–Kier alpha value is -0.740. The Labute approximate surface area is 87.8 Å². The van der Waals surface area contributed by atoms with Crippen molar-refractivity contribution in [1.82, 2.24) is 4.98 Å². The summed E-state index contributed by atoms with van der Waals surface area (Å²) >= 11 is 1.59. The zero-order chi connectivity index (χ0) is 10.6. The summed E-state index contributed by atoms with van der Waals surface area (Å²) in [6.07, 6.45) is 1.19. The number of nitrogens with zero attached hydrogens (tertiary/aromatic N) is 1. The Kier molecular flexibility index (Phi) is 4.22. The van der Waals surface area contributed by atoms with Crippen molar-refractivity contribution in [3.63, 3.8) is 0 Å². The summed E-state index contributed by atoms with van der Waals surface area (Å²) in [7, 11) is 0. The first-order valence-electron chi connectivity index (χ1n) is 4.65. The van der Waals surface area contributed by atoms with Crippen molar-refractivity contribution in [2.24, 2.45) is 5.92 Å². The average Bonchev–Trinajstić information content (AvgIpc) is 2.50. The molecule has 0 radical (unpaired) electrons. The van der Waals surface area contributed by atoms with E-state index in [1.54, 1.807) is 18.3 Å². The van der Waals surface area contributed by atoms with Gasteiger partial charge < -0.3 is 5.11 Å². The summed E-state index contributed by atoms with van der Waals surface area (Å²) in [6.45, 7) is 3.58. The molecule has 1 aromatic heterocycles. The number of rotatable bonds is 5. The topological polar surface area (TPSA) is 50.2 Å². The molecule has 1 atom stereocenters. The van der Waals surface area contributed by atoms with Gasteiger partial charge in [-0.3, -0.25) is 4.79 Å². The second-order valence-electron chi connectivity index (χ2n) is 3.38. The van der Waals surface area contributed by atoms with Crippen LogP contribution in [0, 0.1) is 12.8 Å². The molecule has 0 bridgehead atoms. The minimum Gasteiger partial charge on any atom is -0.396 e. The van der Waals surface area contributed by atoms with Gasteiger partial charge in [0, 0.05) is 24.3 Å². The third kappa shape index (κ3) is 3.20. The van der Waals surface area contributed by atoms with Crippen LogP contribution in [-0.2, 0) is 11.2 Å². The fourth-order valence-electron chi connectivity index (χ4n) is 1.36. The largest absolute Gasteiger partial charge is 0.396 e. The van der Waals surface area contributed by atoms with Crippen LogP contribution in [0.25, 0.3) is 0 Å². The van der Waals surface area contributed by atoms with Gasteiger partial charge in [-0.1, -0.05) is 0 Å². The Morgan fingerprint density at radius 1 is 1.71 bits per heavy atom. The molecule has 0 saturated heterocycles. The van der Waals surface area contributed by atoms with Crippen LogP contribution in [-0.4, -0.2) is 22.5 Å². The molecule has 0 amide bonds. The van der Waals surface area contributed by atoms with Crippen molar-refractivity contribution in [2.75, 3.05) is 6.61 Å². The first kappa shape index (κ1) is 11.3. The zero-order valence-corrected chi connectivity index (χ0v) is 9.30. The predicted octanol–water partition coefficient (Wildman–Crippen LogP) is 1.58. The zero-order valence-electron chi connectivity index (χ0n) is 8.49. The van der Waals surface area contributed by atoms with Crippen molar-refractivity contribution in [1.29, 1.82) is 0 Å². The van der Waals surface area contributed by atoms with Crippen LogP contribution in [0.5, 0.6) is 0 Å². The van der Waals surface area contributed by atoms with Gasteiger partial charge in [0.05, 0.1) is 10.7 Å². The fourth-order valence-corrected chi connectivity index (χ4v) is 1.98. The predicted molar refractivity (Wildman–Crippen MR) is 56.4 cm³/mol. The highest BCUT2D eigenvalue weighted by Crippen LogP contribution is 2.15. The summed E-state index contributed by atoms with van der Waals surface area (Å²) in [5.74, 6) is 0.0474. The number of carbonyl (C=O) groups excluding carboxylic acids is 1. The number of thiazole rings is 1. The Morgan fingerprint density at radius 2 is 2.43 bits per heavy atom. The van der Waals surface area contributed by atoms with Gasteiger partial charge in [0.1, 0.15) is 5.78 Å². The molecule has 1 N–H and O–H groups in total. The minimum absolute atomic E-state index is 0.0629. The molecule has 0 aliphatic rings. The number of carbonyl (C=O) groups is 1. The van der Waals surface area contributed by atoms with Gasteiger partial charge >= 0.3 is 0 Å². The normalized spacial score (nSPS) is 12.8. The molecule has 0 aliphatic heterocycles. The van der Waals surface area contributed by atoms with Crippen molar-refractivity contribution < 1.29 is 9.90 Å². The number of ketones is 1. The van der Waals surface area contributed by atoms with Crippen LogP contribution in [0.2, 0.25) is 0 Å². The van der Waals surface area contributed by atoms with Crippen molar-refractivity contribution in [3.8, 4) is 0 Å². The molecule has 0 spiro atoms. The lowest BCUT2D eigenvalue weighted by Crippen LogP contribution is -2.15. The quantitative estimate of drug-likeness (QED) is 0.808. The molecule has 1 heterocycles. The smallest absolute Gasteiger partial charge is 0.133 e. The highest BCUT2D eigenvalue weighted by atomic mass is 32.1. The lowest BCUT2D eigenvalue weighted by molar-refractivity contribution is -0.121. The van der Waals surface area contributed by atoms with Crippen molar-refractivity contribution in [3.05, 3.63) is 16.1 Å². The maximum Gasteiger partial charge on any atom is 0.133 e. The number of aromatic nitrogens is 1. The van der Waals surface area contributed by atoms with E-state index in [4.69, 9.17) is 5.11 Å². The molecule has 1 aromatic rings. The third-order valence-corrected chi connectivity index (χ3v) is 3.00. The first-order valence-corrected chi connectivity index (χ1v) is 5.53. The SMILES string of the molecule is CC(=O)C(CCO)Cc1csc(C)n1. The van der Waals surface area contributed by atoms with Crippen molar-refractivity contribution >= 4 is 17.1 Å². The molecule has 0 fully saturated rings. The monoisotopic (exact) mass is 213 g/mol. The second-order valence-corrected chi connectivity index (χ2v) is 4.44. The van der Waals surface area contributed by atoms with Gasteiger partial charge in [-0.05, 0) is 20.3 Å². The van der Waals surface area contributed by atoms with Gasteiger partial charge in [0.2, 0.25) is 0 Å². The number of Topliss-reactive ketones (excluding diaryl/α,β-unsaturated/α-hetero) is 1. The van der Waals surface area contributed by atoms with Crippen LogP contribution < -0.4 is 0 Å². The molecular weight excluding hydrogens is 198 g/mol. The van der Waals surface area contributed by atoms with Crippen LogP contribution in [0.1, 0.15) is 24.0 Å². The molecule has 1 rings (SSSR count). The van der Waals surface area contributed by atoms with Gasteiger partial charge in [0.15, 0.2) is 0 Å². The van der Waals surface area contributed by atoms with E-state index in [0.29, 0.717) is 12.8 Å². The molecule has 78 valence electrons. The van der Waals surface area contributed by atoms with Gasteiger partial charge in [-0.2, -0.15) is 0 Å². The van der Waals surface area contributed by atoms with Crippen LogP contribution >= 0.6 is 11.3 Å². The molecule has 14 heavy (non-hydrogen) atoms. The van der Waals surface area contributed by atoms with E-state index in [1.807, 2.05) is 12.3 Å². The van der Waals surface area contributed by atoms with E-state index in [1.165, 1.54) is 0 Å². The van der Waals surface area contributed by atoms with Crippen LogP contribution in [0.4, 0.5) is 0 Å². The maximum absolute atomic E-state index is 11.2. The van der Waals surface area contributed by atoms with Crippen LogP contribution in [0.3, 0.4) is 0 Å². The third-order valence-electron chi connectivity index (χ3n) is 2.17. The molecule has 1 unspecified atom stereocenters. The van der Waals surface area contributed by atoms with Gasteiger partial charge in [0.25, 0.3) is 0 Å². The summed E-state index contributed by atoms with van der Waals surface area (Å²) < 4.78 is 0. The molecule has 0 aliphatic carbocycles. The molecule has 0 aromatic carbocycles. The standard InChI is InChI=1S/C10H15NO2S/c1-7(13)9(3-4-12)5-10-6-14-8(2)11-10/h6,9,12H,3-5H2,1-2H3. The van der Waals surface area contributed by atoms with E-state index in [9.17, 15) is 4.79 Å². The van der Waals surface area contributed by atoms with E-state index >= 15 is 0 Å². The van der Waals surface area contributed by atoms with E-state index in [2.05, 4.69) is 4.98 Å². The van der Waals surface area contributed by atoms with Gasteiger partial charge in [-0.25, -0.2) is 4.98 Å². The highest BCUT2D eigenvalue weighted by Gasteiger charge is 2.15. The number of aryl methyl sites for hydroxylation is 1. The second kappa shape index (κ2) is 5.22. The lowest BCUT2D eigenvalue weighted by Gasteiger charge is -2.09. The summed E-state index contributed by atoms with van der Waals surface area (Å²) in [4.78, 5) is 15.5. The van der Waals surface area contributed by atoms with Crippen LogP contribution in [0.15, 0.2) is 5.38 Å². The highest BCUT2D eigenvalue weighted by molar-refractivity contribution is 7.09. The van der Waals surface area contributed by atoms with E-state index < -0.39 is 0 Å². The van der Waals surface area contributed by atoms with Gasteiger partial charge in [-0.15, -0.1) is 11.3 Å². The summed E-state index contributed by atoms with van der Waals surface area (Å²) in [5.41, 5.74) is 0.959. The number of hydrogen-bond donors (Lipinski definition) is 1. The summed E-state index contributed by atoms with van der Waals surface area (Å²) in [5, 5.41) is 11.8. The summed E-state index contributed by atoms with van der Waals surface area (Å²) in [6, 6.07) is 0. The number of aliphatic hydroxyl groups is 1. The minimum atomic E-state index is -0.0819. The Morgan fingerprint density at radius 3 is 2.86 bits per heavy atom. The molecular formula is C10H15NO2S. The Balaban J connectivity index is 2.59. The molecule has 4 heteroatoms. The van der Waals surface area contributed by atoms with Crippen molar-refractivity contribution in [2.45, 2.75) is 26.7 Å². The van der Waals surface area contributed by atoms with E-state index in [-0.39, 0.29) is 18.3 Å². The number of hydrogen-bond acceptors (Lipinski definition) is 4. The first-order chi connectivity index (χ1) is 6.63. The van der Waals surface area contributed by atoms with E-state index in [0.717, 1.165) is 10.7 Å². The molecule has 0 saturated carbocycles. The lowest BCUT2D eigenvalue weighted by atomic mass is 9.96. The molecule has 3 nitrogen and oxygen atoms in total. The fraction of sp³-hybridized carbons (Fsp3) is 0.600. The maximum atomic E-state index is 11.2. The number of aliphatic hydroxyl groups excluding tert-OH is 1. The Bertz CT molecular complexity index is 309. The average molecular weight is 213 g/mol.